The lowest BCUT2D eigenvalue weighted by Crippen LogP contribution is -2.53. The van der Waals surface area contributed by atoms with Gasteiger partial charge in [-0.3, -0.25) is 9.59 Å². The SMILES string of the molecule is O=C(NCC1COCCN1C(=O)c1cccs1)c1ccc(-c2noc(C(F)(F)F)n2)s1. The molecule has 0 radical (unpaired) electrons. The second-order valence-corrected chi connectivity index (χ2v) is 8.53. The Bertz CT molecular complexity index is 1060. The van der Waals surface area contributed by atoms with Crippen molar-refractivity contribution in [2.75, 3.05) is 26.3 Å². The molecule has 4 heterocycles. The van der Waals surface area contributed by atoms with Crippen LogP contribution in [0.25, 0.3) is 10.7 Å². The van der Waals surface area contributed by atoms with Gasteiger partial charge in [-0.05, 0) is 23.6 Å². The summed E-state index contributed by atoms with van der Waals surface area (Å²) >= 11 is 2.28. The first kappa shape index (κ1) is 21.5. The summed E-state index contributed by atoms with van der Waals surface area (Å²) in [5, 5.41) is 7.88. The second-order valence-electron chi connectivity index (χ2n) is 6.50. The minimum absolute atomic E-state index is 0.117. The second kappa shape index (κ2) is 8.77. The van der Waals surface area contributed by atoms with Gasteiger partial charge in [-0.25, -0.2) is 0 Å². The van der Waals surface area contributed by atoms with Crippen molar-refractivity contribution in [3.05, 3.63) is 45.3 Å². The first-order valence-electron chi connectivity index (χ1n) is 9.04. The average molecular weight is 472 g/mol. The number of thiophene rings is 2. The zero-order valence-electron chi connectivity index (χ0n) is 15.7. The number of hydrogen-bond acceptors (Lipinski definition) is 8. The zero-order chi connectivity index (χ0) is 22.0. The number of hydrogen-bond donors (Lipinski definition) is 1. The van der Waals surface area contributed by atoms with E-state index in [0.29, 0.717) is 18.0 Å². The Balaban J connectivity index is 1.39. The first-order valence-corrected chi connectivity index (χ1v) is 10.7. The molecule has 0 bridgehead atoms. The van der Waals surface area contributed by atoms with Gasteiger partial charge in [0.25, 0.3) is 11.8 Å². The number of nitrogens with one attached hydrogen (secondary N) is 1. The highest BCUT2D eigenvalue weighted by Crippen LogP contribution is 2.31. The number of rotatable bonds is 5. The normalized spacial score (nSPS) is 17.0. The Morgan fingerprint density at radius 3 is 2.81 bits per heavy atom. The van der Waals surface area contributed by atoms with E-state index in [1.807, 2.05) is 5.38 Å². The lowest BCUT2D eigenvalue weighted by molar-refractivity contribution is -0.159. The van der Waals surface area contributed by atoms with Gasteiger partial charge in [0.05, 0.1) is 33.9 Å². The topological polar surface area (TPSA) is 97.6 Å². The standard InChI is InChI=1S/C18H15F3N4O4S2/c19-18(20,21)17-23-14(24-29-17)11-3-4-12(31-11)15(26)22-8-10-9-28-6-5-25(10)16(27)13-2-1-7-30-13/h1-4,7,10H,5-6,8-9H2,(H,22,26). The average Bonchev–Trinajstić information content (AvgIpc) is 3.51. The summed E-state index contributed by atoms with van der Waals surface area (Å²) < 4.78 is 47.5. The molecule has 1 aliphatic rings. The fourth-order valence-electron chi connectivity index (χ4n) is 2.95. The number of carbonyl (C=O) groups excluding carboxylic acids is 2. The zero-order valence-corrected chi connectivity index (χ0v) is 17.4. The third-order valence-electron chi connectivity index (χ3n) is 4.44. The molecule has 0 saturated carbocycles. The molecule has 1 unspecified atom stereocenters. The summed E-state index contributed by atoms with van der Waals surface area (Å²) in [5.74, 6) is -2.24. The van der Waals surface area contributed by atoms with Gasteiger partial charge in [-0.2, -0.15) is 18.2 Å². The molecule has 13 heteroatoms. The molecular formula is C18H15F3N4O4S2. The van der Waals surface area contributed by atoms with Crippen LogP contribution in [-0.4, -0.2) is 59.2 Å². The van der Waals surface area contributed by atoms with E-state index in [1.165, 1.54) is 23.5 Å². The summed E-state index contributed by atoms with van der Waals surface area (Å²) in [6, 6.07) is 6.11. The quantitative estimate of drug-likeness (QED) is 0.613. The highest BCUT2D eigenvalue weighted by molar-refractivity contribution is 7.17. The molecule has 0 spiro atoms. The molecule has 31 heavy (non-hydrogen) atoms. The van der Waals surface area contributed by atoms with Gasteiger partial charge in [0, 0.05) is 13.1 Å². The Hall–Kier alpha value is -2.77. The van der Waals surface area contributed by atoms with Gasteiger partial charge < -0.3 is 19.5 Å². The largest absolute Gasteiger partial charge is 0.471 e. The molecule has 4 rings (SSSR count). The van der Waals surface area contributed by atoms with Crippen LogP contribution in [-0.2, 0) is 10.9 Å². The number of nitrogens with zero attached hydrogens (tertiary/aromatic N) is 3. The fraction of sp³-hybridized carbons (Fsp3) is 0.333. The number of carbonyl (C=O) groups is 2. The molecule has 0 aliphatic carbocycles. The lowest BCUT2D eigenvalue weighted by atomic mass is 10.2. The number of amides is 2. The third kappa shape index (κ3) is 4.78. The van der Waals surface area contributed by atoms with E-state index in [0.717, 1.165) is 11.3 Å². The van der Waals surface area contributed by atoms with Crippen LogP contribution in [0.2, 0.25) is 0 Å². The van der Waals surface area contributed by atoms with E-state index in [4.69, 9.17) is 4.74 Å². The van der Waals surface area contributed by atoms with E-state index in [1.54, 1.807) is 17.0 Å². The Labute approximate surface area is 181 Å². The van der Waals surface area contributed by atoms with Gasteiger partial charge in [-0.15, -0.1) is 22.7 Å². The molecule has 3 aromatic rings. The van der Waals surface area contributed by atoms with Crippen molar-refractivity contribution in [2.45, 2.75) is 12.2 Å². The summed E-state index contributed by atoms with van der Waals surface area (Å²) in [6.07, 6.45) is -4.74. The van der Waals surface area contributed by atoms with Crippen molar-refractivity contribution in [3.63, 3.8) is 0 Å². The first-order chi connectivity index (χ1) is 14.8. The molecule has 1 N–H and O–H groups in total. The molecular weight excluding hydrogens is 457 g/mol. The number of aromatic nitrogens is 2. The van der Waals surface area contributed by atoms with Crippen molar-refractivity contribution < 1.29 is 32.0 Å². The minimum atomic E-state index is -4.74. The maximum Gasteiger partial charge on any atom is 0.471 e. The van der Waals surface area contributed by atoms with Crippen molar-refractivity contribution in [1.29, 1.82) is 0 Å². The highest BCUT2D eigenvalue weighted by Gasteiger charge is 2.38. The van der Waals surface area contributed by atoms with Crippen LogP contribution in [0, 0.1) is 0 Å². The Morgan fingerprint density at radius 1 is 1.26 bits per heavy atom. The molecule has 0 aromatic carbocycles. The summed E-state index contributed by atoms with van der Waals surface area (Å²) in [5.41, 5.74) is 0. The molecule has 3 aromatic heterocycles. The van der Waals surface area contributed by atoms with Crippen LogP contribution in [0.5, 0.6) is 0 Å². The third-order valence-corrected chi connectivity index (χ3v) is 6.38. The van der Waals surface area contributed by atoms with Crippen molar-refractivity contribution >= 4 is 34.5 Å². The smallest absolute Gasteiger partial charge is 0.377 e. The van der Waals surface area contributed by atoms with Gasteiger partial charge in [0.2, 0.25) is 5.82 Å². The predicted octanol–water partition coefficient (Wildman–Crippen LogP) is 3.15. The van der Waals surface area contributed by atoms with Gasteiger partial charge in [0.1, 0.15) is 0 Å². The summed E-state index contributed by atoms with van der Waals surface area (Å²) in [7, 11) is 0. The van der Waals surface area contributed by atoms with Crippen LogP contribution in [0.3, 0.4) is 0 Å². The molecule has 1 aliphatic heterocycles. The van der Waals surface area contributed by atoms with Gasteiger partial charge >= 0.3 is 12.1 Å². The Morgan fingerprint density at radius 2 is 2.10 bits per heavy atom. The summed E-state index contributed by atoms with van der Waals surface area (Å²) in [6.45, 7) is 1.29. The number of alkyl halides is 3. The van der Waals surface area contributed by atoms with Crippen LogP contribution in [0.4, 0.5) is 13.2 Å². The van der Waals surface area contributed by atoms with Gasteiger partial charge in [-0.1, -0.05) is 11.2 Å². The number of halogens is 3. The van der Waals surface area contributed by atoms with Crippen molar-refractivity contribution in [3.8, 4) is 10.7 Å². The van der Waals surface area contributed by atoms with Crippen molar-refractivity contribution in [2.24, 2.45) is 0 Å². The molecule has 1 saturated heterocycles. The Kier molecular flexibility index (Phi) is 6.07. The molecule has 2 amide bonds. The molecule has 164 valence electrons. The van der Waals surface area contributed by atoms with E-state index >= 15 is 0 Å². The minimum Gasteiger partial charge on any atom is -0.377 e. The number of morpholine rings is 1. The maximum absolute atomic E-state index is 12.7. The van der Waals surface area contributed by atoms with Crippen LogP contribution in [0.1, 0.15) is 25.2 Å². The number of ether oxygens (including phenoxy) is 1. The fourth-order valence-corrected chi connectivity index (χ4v) is 4.48. The van der Waals surface area contributed by atoms with Crippen molar-refractivity contribution in [1.82, 2.24) is 20.4 Å². The van der Waals surface area contributed by atoms with Crippen LogP contribution >= 0.6 is 22.7 Å². The van der Waals surface area contributed by atoms with E-state index in [2.05, 4.69) is 20.0 Å². The molecule has 1 atom stereocenters. The molecule has 1 fully saturated rings. The highest BCUT2D eigenvalue weighted by atomic mass is 32.1. The molecule has 8 nitrogen and oxygen atoms in total. The predicted molar refractivity (Wildman–Crippen MR) is 105 cm³/mol. The summed E-state index contributed by atoms with van der Waals surface area (Å²) in [4.78, 5) is 31.3. The maximum atomic E-state index is 12.7. The van der Waals surface area contributed by atoms with E-state index < -0.39 is 18.0 Å². The van der Waals surface area contributed by atoms with Gasteiger partial charge in [0.15, 0.2) is 0 Å². The van der Waals surface area contributed by atoms with Crippen LogP contribution < -0.4 is 5.32 Å². The van der Waals surface area contributed by atoms with E-state index in [-0.39, 0.29) is 40.7 Å². The lowest BCUT2D eigenvalue weighted by Gasteiger charge is -2.35. The van der Waals surface area contributed by atoms with E-state index in [9.17, 15) is 22.8 Å². The van der Waals surface area contributed by atoms with Crippen LogP contribution in [0.15, 0.2) is 34.2 Å². The monoisotopic (exact) mass is 472 g/mol.